The Morgan fingerprint density at radius 2 is 2.13 bits per heavy atom. The van der Waals surface area contributed by atoms with E-state index in [0.717, 1.165) is 15.5 Å². The van der Waals surface area contributed by atoms with E-state index in [0.29, 0.717) is 11.5 Å². The van der Waals surface area contributed by atoms with Crippen LogP contribution in [0.1, 0.15) is 10.6 Å². The summed E-state index contributed by atoms with van der Waals surface area (Å²) < 4.78 is 12.9. The van der Waals surface area contributed by atoms with E-state index in [1.54, 1.807) is 16.6 Å². The average Bonchev–Trinajstić information content (AvgIpc) is 3.06. The topological polar surface area (TPSA) is 77.8 Å². The van der Waals surface area contributed by atoms with Gasteiger partial charge in [-0.1, -0.05) is 23.5 Å². The summed E-state index contributed by atoms with van der Waals surface area (Å²) in [6.07, 6.45) is -0.728. The van der Waals surface area contributed by atoms with Crippen molar-refractivity contribution in [3.05, 3.63) is 34.8 Å². The fourth-order valence-corrected chi connectivity index (χ4v) is 3.24. The van der Waals surface area contributed by atoms with Crippen LogP contribution in [0, 0.1) is 13.8 Å². The Balaban J connectivity index is 1.51. The molecule has 1 atom stereocenters. The Labute approximate surface area is 135 Å². The van der Waals surface area contributed by atoms with Crippen LogP contribution in [0.25, 0.3) is 4.96 Å². The van der Waals surface area contributed by atoms with Gasteiger partial charge in [-0.05, 0) is 26.0 Å². The van der Waals surface area contributed by atoms with Gasteiger partial charge in [0.1, 0.15) is 6.61 Å². The number of anilines is 1. The molecule has 2 aromatic heterocycles. The highest BCUT2D eigenvalue weighted by Gasteiger charge is 2.28. The number of para-hydroxylation sites is 2. The minimum atomic E-state index is -0.728. The minimum absolute atomic E-state index is 0.156. The predicted molar refractivity (Wildman–Crippen MR) is 85.3 cm³/mol. The van der Waals surface area contributed by atoms with Crippen molar-refractivity contribution in [2.24, 2.45) is 0 Å². The number of fused-ring (bicyclic) bond motifs is 2. The zero-order valence-electron chi connectivity index (χ0n) is 12.6. The molecule has 118 valence electrons. The first-order valence-corrected chi connectivity index (χ1v) is 7.95. The standard InChI is InChI=1S/C15H14N4O3S/c1-8-9(2)23-15-17-14(18-19(8)15)16-13(20)12-7-21-10-5-3-4-6-11(10)22-12/h3-6,12H,7H2,1-2H3,(H,16,18,20). The molecule has 1 N–H and O–H groups in total. The van der Waals surface area contributed by atoms with Crippen molar-refractivity contribution >= 4 is 28.2 Å². The van der Waals surface area contributed by atoms with Gasteiger partial charge >= 0.3 is 0 Å². The summed E-state index contributed by atoms with van der Waals surface area (Å²) in [5, 5.41) is 6.98. The highest BCUT2D eigenvalue weighted by Crippen LogP contribution is 2.31. The molecule has 0 radical (unpaired) electrons. The van der Waals surface area contributed by atoms with Gasteiger partial charge in [0.2, 0.25) is 11.1 Å². The van der Waals surface area contributed by atoms with E-state index < -0.39 is 6.10 Å². The van der Waals surface area contributed by atoms with E-state index in [-0.39, 0.29) is 18.5 Å². The van der Waals surface area contributed by atoms with Crippen molar-refractivity contribution in [2.45, 2.75) is 20.0 Å². The molecule has 1 unspecified atom stereocenters. The van der Waals surface area contributed by atoms with Crippen molar-refractivity contribution in [1.29, 1.82) is 0 Å². The summed E-state index contributed by atoms with van der Waals surface area (Å²) >= 11 is 1.54. The lowest BCUT2D eigenvalue weighted by atomic mass is 10.2. The van der Waals surface area contributed by atoms with E-state index >= 15 is 0 Å². The number of hydrogen-bond donors (Lipinski definition) is 1. The summed E-state index contributed by atoms with van der Waals surface area (Å²) in [6, 6.07) is 7.26. The molecule has 0 saturated carbocycles. The third kappa shape index (κ3) is 2.40. The molecular formula is C15H14N4O3S. The first-order valence-electron chi connectivity index (χ1n) is 7.14. The fourth-order valence-electron chi connectivity index (χ4n) is 2.33. The molecule has 8 heteroatoms. The fraction of sp³-hybridized carbons (Fsp3) is 0.267. The average molecular weight is 330 g/mol. The molecule has 1 aliphatic rings. The van der Waals surface area contributed by atoms with Crippen LogP contribution in [0.3, 0.4) is 0 Å². The number of aromatic nitrogens is 3. The van der Waals surface area contributed by atoms with Gasteiger partial charge in [0.25, 0.3) is 11.9 Å². The number of rotatable bonds is 2. The lowest BCUT2D eigenvalue weighted by Gasteiger charge is -2.25. The maximum atomic E-state index is 12.3. The third-order valence-electron chi connectivity index (χ3n) is 3.69. The lowest BCUT2D eigenvalue weighted by molar-refractivity contribution is -0.125. The molecule has 3 heterocycles. The number of carbonyl (C=O) groups is 1. The molecule has 3 aromatic rings. The molecule has 1 aliphatic heterocycles. The van der Waals surface area contributed by atoms with Gasteiger partial charge in [0.05, 0.1) is 5.69 Å². The second kappa shape index (κ2) is 5.24. The van der Waals surface area contributed by atoms with Crippen molar-refractivity contribution < 1.29 is 14.3 Å². The summed E-state index contributed by atoms with van der Waals surface area (Å²) in [5.74, 6) is 1.14. The lowest BCUT2D eigenvalue weighted by Crippen LogP contribution is -2.40. The van der Waals surface area contributed by atoms with Crippen molar-refractivity contribution in [1.82, 2.24) is 14.6 Å². The number of nitrogens with zero attached hydrogens (tertiary/aromatic N) is 3. The Hall–Kier alpha value is -2.61. The van der Waals surface area contributed by atoms with Crippen LogP contribution in [-0.4, -0.2) is 33.2 Å². The maximum Gasteiger partial charge on any atom is 0.271 e. The smallest absolute Gasteiger partial charge is 0.271 e. The summed E-state index contributed by atoms with van der Waals surface area (Å²) in [6.45, 7) is 4.14. The van der Waals surface area contributed by atoms with Crippen LogP contribution < -0.4 is 14.8 Å². The molecule has 7 nitrogen and oxygen atoms in total. The van der Waals surface area contributed by atoms with Gasteiger partial charge in [-0.25, -0.2) is 4.52 Å². The zero-order valence-corrected chi connectivity index (χ0v) is 13.4. The number of nitrogens with one attached hydrogen (secondary N) is 1. The quantitative estimate of drug-likeness (QED) is 0.779. The molecule has 1 aromatic carbocycles. The van der Waals surface area contributed by atoms with E-state index in [1.807, 2.05) is 26.0 Å². The summed E-state index contributed by atoms with van der Waals surface area (Å²) in [5.41, 5.74) is 1.02. The molecule has 4 rings (SSSR count). The molecular weight excluding hydrogens is 316 g/mol. The second-order valence-corrected chi connectivity index (χ2v) is 6.41. The normalized spacial score (nSPS) is 16.5. The van der Waals surface area contributed by atoms with Crippen LogP contribution in [0.2, 0.25) is 0 Å². The van der Waals surface area contributed by atoms with Crippen molar-refractivity contribution in [2.75, 3.05) is 11.9 Å². The molecule has 0 saturated heterocycles. The van der Waals surface area contributed by atoms with Gasteiger partial charge < -0.3 is 9.47 Å². The van der Waals surface area contributed by atoms with E-state index in [1.165, 1.54) is 11.3 Å². The van der Waals surface area contributed by atoms with Gasteiger partial charge in [0, 0.05) is 4.88 Å². The van der Waals surface area contributed by atoms with E-state index in [2.05, 4.69) is 15.4 Å². The monoisotopic (exact) mass is 330 g/mol. The number of thiazole rings is 1. The number of benzene rings is 1. The number of hydrogen-bond acceptors (Lipinski definition) is 6. The maximum absolute atomic E-state index is 12.3. The minimum Gasteiger partial charge on any atom is -0.485 e. The van der Waals surface area contributed by atoms with Gasteiger partial charge in [-0.3, -0.25) is 10.1 Å². The second-order valence-electron chi connectivity index (χ2n) is 5.23. The number of ether oxygens (including phenoxy) is 2. The van der Waals surface area contributed by atoms with Crippen LogP contribution in [-0.2, 0) is 4.79 Å². The largest absolute Gasteiger partial charge is 0.485 e. The highest BCUT2D eigenvalue weighted by molar-refractivity contribution is 7.17. The van der Waals surface area contributed by atoms with Gasteiger partial charge in [-0.15, -0.1) is 5.10 Å². The number of carbonyl (C=O) groups excluding carboxylic acids is 1. The Kier molecular flexibility index (Phi) is 3.19. The van der Waals surface area contributed by atoms with Crippen molar-refractivity contribution in [3.63, 3.8) is 0 Å². The molecule has 0 bridgehead atoms. The van der Waals surface area contributed by atoms with E-state index in [9.17, 15) is 4.79 Å². The number of amides is 1. The zero-order chi connectivity index (χ0) is 16.0. The Morgan fingerprint density at radius 3 is 2.91 bits per heavy atom. The molecule has 0 fully saturated rings. The molecule has 1 amide bonds. The van der Waals surface area contributed by atoms with Crippen LogP contribution >= 0.6 is 11.3 Å². The first-order chi connectivity index (χ1) is 11.1. The SMILES string of the molecule is Cc1sc2nc(NC(=O)C3COc4ccccc4O3)nn2c1C. The third-order valence-corrected chi connectivity index (χ3v) is 4.73. The van der Waals surface area contributed by atoms with E-state index in [4.69, 9.17) is 9.47 Å². The number of aryl methyl sites for hydroxylation is 2. The Morgan fingerprint density at radius 1 is 1.35 bits per heavy atom. The van der Waals surface area contributed by atoms with Gasteiger partial charge in [-0.2, -0.15) is 4.98 Å². The van der Waals surface area contributed by atoms with Crippen molar-refractivity contribution in [3.8, 4) is 11.5 Å². The Bertz CT molecular complexity index is 901. The molecule has 0 spiro atoms. The molecule has 23 heavy (non-hydrogen) atoms. The van der Waals surface area contributed by atoms with Gasteiger partial charge in [0.15, 0.2) is 11.5 Å². The highest BCUT2D eigenvalue weighted by atomic mass is 32.1. The van der Waals surface area contributed by atoms with Crippen LogP contribution in [0.5, 0.6) is 11.5 Å². The van der Waals surface area contributed by atoms with Crippen LogP contribution in [0.4, 0.5) is 5.95 Å². The van der Waals surface area contributed by atoms with Crippen LogP contribution in [0.15, 0.2) is 24.3 Å². The summed E-state index contributed by atoms with van der Waals surface area (Å²) in [7, 11) is 0. The molecule has 0 aliphatic carbocycles. The first kappa shape index (κ1) is 14.0. The summed E-state index contributed by atoms with van der Waals surface area (Å²) in [4.78, 5) is 18.5. The predicted octanol–water partition coefficient (Wildman–Crippen LogP) is 2.19.